The van der Waals surface area contributed by atoms with Crippen molar-refractivity contribution in [1.29, 1.82) is 0 Å². The van der Waals surface area contributed by atoms with Gasteiger partial charge in [-0.15, -0.1) is 10.2 Å². The molecule has 2 aromatic rings. The van der Waals surface area contributed by atoms with Crippen LogP contribution in [0.25, 0.3) is 11.3 Å². The quantitative estimate of drug-likeness (QED) is 0.885. The van der Waals surface area contributed by atoms with Gasteiger partial charge in [-0.25, -0.2) is 4.79 Å². The average Bonchev–Trinajstić information content (AvgIpc) is 2.75. The molecule has 2 fully saturated rings. The number of hydrogen-bond donors (Lipinski definition) is 1. The van der Waals surface area contributed by atoms with Crippen LogP contribution in [-0.2, 0) is 0 Å². The molecule has 4 rings (SSSR count). The molecule has 1 aliphatic heterocycles. The summed E-state index contributed by atoms with van der Waals surface area (Å²) in [5.74, 6) is 0.878. The van der Waals surface area contributed by atoms with Gasteiger partial charge in [0.2, 0.25) is 0 Å². The van der Waals surface area contributed by atoms with E-state index in [1.807, 2.05) is 17.0 Å². The maximum Gasteiger partial charge on any atom is 0.317 e. The van der Waals surface area contributed by atoms with E-state index >= 15 is 0 Å². The number of nitrogens with one attached hydrogen (secondary N) is 1. The lowest BCUT2D eigenvalue weighted by Crippen LogP contribution is -2.53. The van der Waals surface area contributed by atoms with Crippen LogP contribution >= 0.6 is 0 Å². The molecule has 6 heteroatoms. The van der Waals surface area contributed by atoms with E-state index in [0.29, 0.717) is 6.04 Å². The van der Waals surface area contributed by atoms with E-state index in [9.17, 15) is 4.79 Å². The fourth-order valence-electron chi connectivity index (χ4n) is 4.02. The Morgan fingerprint density at radius 2 is 1.64 bits per heavy atom. The second-order valence-electron chi connectivity index (χ2n) is 7.90. The van der Waals surface area contributed by atoms with Crippen molar-refractivity contribution in [3.05, 3.63) is 42.0 Å². The number of rotatable bonds is 3. The number of nitrogens with zero attached hydrogens (tertiary/aromatic N) is 4. The van der Waals surface area contributed by atoms with Gasteiger partial charge >= 0.3 is 6.03 Å². The van der Waals surface area contributed by atoms with E-state index in [1.54, 1.807) is 0 Å². The predicted molar refractivity (Wildman–Crippen MR) is 111 cm³/mol. The number of aromatic nitrogens is 2. The lowest BCUT2D eigenvalue weighted by molar-refractivity contribution is 0.186. The first-order valence-electron chi connectivity index (χ1n) is 10.4. The predicted octanol–water partition coefficient (Wildman–Crippen LogP) is 3.62. The highest BCUT2D eigenvalue weighted by molar-refractivity contribution is 5.75. The van der Waals surface area contributed by atoms with Crippen molar-refractivity contribution in [3.63, 3.8) is 0 Å². The Morgan fingerprint density at radius 1 is 0.929 bits per heavy atom. The summed E-state index contributed by atoms with van der Waals surface area (Å²) in [5, 5.41) is 12.0. The van der Waals surface area contributed by atoms with Gasteiger partial charge in [-0.05, 0) is 31.9 Å². The van der Waals surface area contributed by atoms with Gasteiger partial charge in [0.05, 0.1) is 5.69 Å². The van der Waals surface area contributed by atoms with Crippen LogP contribution in [0.2, 0.25) is 0 Å². The van der Waals surface area contributed by atoms with E-state index in [2.05, 4.69) is 51.6 Å². The fourth-order valence-corrected chi connectivity index (χ4v) is 4.02. The largest absolute Gasteiger partial charge is 0.352 e. The van der Waals surface area contributed by atoms with E-state index in [4.69, 9.17) is 0 Å². The number of piperazine rings is 1. The molecule has 1 N–H and O–H groups in total. The molecule has 1 saturated heterocycles. The maximum absolute atomic E-state index is 12.5. The number of carbonyl (C=O) groups is 1. The molecular formula is C22H29N5O. The zero-order valence-corrected chi connectivity index (χ0v) is 16.6. The van der Waals surface area contributed by atoms with Gasteiger partial charge in [0.15, 0.2) is 5.82 Å². The molecule has 1 aromatic heterocycles. The van der Waals surface area contributed by atoms with Gasteiger partial charge in [0.25, 0.3) is 0 Å². The zero-order chi connectivity index (χ0) is 19.3. The van der Waals surface area contributed by atoms with Gasteiger partial charge in [-0.2, -0.15) is 0 Å². The lowest BCUT2D eigenvalue weighted by Gasteiger charge is -2.36. The number of aryl methyl sites for hydroxylation is 1. The van der Waals surface area contributed by atoms with Crippen LogP contribution < -0.4 is 10.2 Å². The third kappa shape index (κ3) is 4.43. The summed E-state index contributed by atoms with van der Waals surface area (Å²) in [5.41, 5.74) is 3.20. The molecule has 6 nitrogen and oxygen atoms in total. The summed E-state index contributed by atoms with van der Waals surface area (Å²) in [4.78, 5) is 16.6. The number of hydrogen-bond acceptors (Lipinski definition) is 4. The van der Waals surface area contributed by atoms with E-state index in [0.717, 1.165) is 56.1 Å². The van der Waals surface area contributed by atoms with E-state index < -0.39 is 0 Å². The van der Waals surface area contributed by atoms with Crippen molar-refractivity contribution in [2.45, 2.75) is 45.1 Å². The van der Waals surface area contributed by atoms with Gasteiger partial charge in [0, 0.05) is 37.8 Å². The van der Waals surface area contributed by atoms with Gasteiger partial charge in [0.1, 0.15) is 0 Å². The summed E-state index contributed by atoms with van der Waals surface area (Å²) < 4.78 is 0. The highest BCUT2D eigenvalue weighted by atomic mass is 16.2. The molecule has 0 radical (unpaired) electrons. The molecule has 0 bridgehead atoms. The summed E-state index contributed by atoms with van der Waals surface area (Å²) in [6, 6.07) is 12.8. The molecule has 1 saturated carbocycles. The summed E-state index contributed by atoms with van der Waals surface area (Å²) in [6.07, 6.45) is 6.00. The molecule has 2 aliphatic rings. The summed E-state index contributed by atoms with van der Waals surface area (Å²) >= 11 is 0. The van der Waals surface area contributed by atoms with Crippen molar-refractivity contribution in [1.82, 2.24) is 20.4 Å². The summed E-state index contributed by atoms with van der Waals surface area (Å²) in [7, 11) is 0. The zero-order valence-electron chi connectivity index (χ0n) is 16.6. The van der Waals surface area contributed by atoms with E-state index in [-0.39, 0.29) is 6.03 Å². The topological polar surface area (TPSA) is 61.4 Å². The number of amides is 2. The molecule has 148 valence electrons. The van der Waals surface area contributed by atoms with Crippen LogP contribution in [0.1, 0.15) is 37.7 Å². The Balaban J connectivity index is 1.30. The summed E-state index contributed by atoms with van der Waals surface area (Å²) in [6.45, 7) is 5.10. The monoisotopic (exact) mass is 379 g/mol. The van der Waals surface area contributed by atoms with Crippen LogP contribution in [0.3, 0.4) is 0 Å². The van der Waals surface area contributed by atoms with Gasteiger partial charge in [-0.3, -0.25) is 0 Å². The number of carbonyl (C=O) groups excluding carboxylic acids is 1. The first-order chi connectivity index (χ1) is 13.7. The Bertz CT molecular complexity index is 776. The van der Waals surface area contributed by atoms with Crippen molar-refractivity contribution >= 4 is 11.8 Å². The smallest absolute Gasteiger partial charge is 0.317 e. The Kier molecular flexibility index (Phi) is 5.74. The minimum Gasteiger partial charge on any atom is -0.352 e. The lowest BCUT2D eigenvalue weighted by atomic mass is 9.96. The number of urea groups is 1. The first kappa shape index (κ1) is 18.7. The van der Waals surface area contributed by atoms with Gasteiger partial charge in [-0.1, -0.05) is 49.1 Å². The SMILES string of the molecule is Cc1ccc(-c2ccc(N3CCN(C(=O)NC4CCCCC4)CC3)nn2)cc1. The fraction of sp³-hybridized carbons (Fsp3) is 0.500. The minimum absolute atomic E-state index is 0.0901. The van der Waals surface area contributed by atoms with Crippen molar-refractivity contribution < 1.29 is 4.79 Å². The highest BCUT2D eigenvalue weighted by Gasteiger charge is 2.24. The number of benzene rings is 1. The Hall–Kier alpha value is -2.63. The third-order valence-electron chi connectivity index (χ3n) is 5.82. The van der Waals surface area contributed by atoms with E-state index in [1.165, 1.54) is 24.8 Å². The second kappa shape index (κ2) is 8.59. The molecule has 0 spiro atoms. The van der Waals surface area contributed by atoms with Crippen LogP contribution in [0.15, 0.2) is 36.4 Å². The van der Waals surface area contributed by atoms with Gasteiger partial charge < -0.3 is 15.1 Å². The van der Waals surface area contributed by atoms with Crippen molar-refractivity contribution in [2.75, 3.05) is 31.1 Å². The van der Waals surface area contributed by atoms with Crippen molar-refractivity contribution in [2.24, 2.45) is 0 Å². The van der Waals surface area contributed by atoms with Crippen molar-refractivity contribution in [3.8, 4) is 11.3 Å². The average molecular weight is 380 g/mol. The molecule has 0 unspecified atom stereocenters. The molecule has 1 aromatic carbocycles. The molecule has 28 heavy (non-hydrogen) atoms. The molecule has 2 heterocycles. The molecular weight excluding hydrogens is 350 g/mol. The van der Waals surface area contributed by atoms with Crippen LogP contribution in [-0.4, -0.2) is 53.3 Å². The maximum atomic E-state index is 12.5. The Labute approximate surface area is 166 Å². The molecule has 0 atom stereocenters. The van der Waals surface area contributed by atoms with Crippen LogP contribution in [0.4, 0.5) is 10.6 Å². The molecule has 1 aliphatic carbocycles. The Morgan fingerprint density at radius 3 is 2.29 bits per heavy atom. The number of anilines is 1. The second-order valence-corrected chi connectivity index (χ2v) is 7.90. The van der Waals surface area contributed by atoms with Crippen LogP contribution in [0, 0.1) is 6.92 Å². The third-order valence-corrected chi connectivity index (χ3v) is 5.82. The van der Waals surface area contributed by atoms with Crippen LogP contribution in [0.5, 0.6) is 0 Å². The highest BCUT2D eigenvalue weighted by Crippen LogP contribution is 2.20. The standard InChI is InChI=1S/C22H29N5O/c1-17-7-9-18(10-8-17)20-11-12-21(25-24-20)26-13-15-27(16-14-26)22(28)23-19-5-3-2-4-6-19/h7-12,19H,2-6,13-16H2,1H3,(H,23,28). The first-order valence-corrected chi connectivity index (χ1v) is 10.4. The normalized spacial score (nSPS) is 18.2. The molecule has 2 amide bonds. The minimum atomic E-state index is 0.0901.